The molecule has 2 unspecified atom stereocenters. The Morgan fingerprint density at radius 1 is 1.12 bits per heavy atom. The van der Waals surface area contributed by atoms with Crippen molar-refractivity contribution in [3.05, 3.63) is 0 Å². The first kappa shape index (κ1) is 13.3. The van der Waals surface area contributed by atoms with Crippen LogP contribution < -0.4 is 5.73 Å². The Hall–Kier alpha value is -0.120. The lowest BCUT2D eigenvalue weighted by molar-refractivity contribution is -0.0793. The van der Waals surface area contributed by atoms with Crippen LogP contribution in [0.3, 0.4) is 0 Å². The van der Waals surface area contributed by atoms with Crippen molar-refractivity contribution in [3.63, 3.8) is 0 Å². The molecule has 1 saturated carbocycles. The zero-order chi connectivity index (χ0) is 12.3. The van der Waals surface area contributed by atoms with Gasteiger partial charge in [-0.05, 0) is 26.7 Å². The highest BCUT2D eigenvalue weighted by Crippen LogP contribution is 2.28. The molecule has 0 spiro atoms. The molecule has 2 rings (SSSR count). The Morgan fingerprint density at radius 2 is 1.82 bits per heavy atom. The molecule has 0 amide bonds. The highest BCUT2D eigenvalue weighted by Gasteiger charge is 2.37. The van der Waals surface area contributed by atoms with Gasteiger partial charge in [0.25, 0.3) is 0 Å². The zero-order valence-electron chi connectivity index (χ0n) is 11.5. The SMILES string of the molecule is CC1(C)COCCN1C1CCCCCCC1N. The molecule has 1 aliphatic heterocycles. The molecule has 0 aromatic carbocycles. The predicted octanol–water partition coefficient (Wildman–Crippen LogP) is 2.15. The van der Waals surface area contributed by atoms with Gasteiger partial charge < -0.3 is 10.5 Å². The molecule has 0 bridgehead atoms. The summed E-state index contributed by atoms with van der Waals surface area (Å²) in [4.78, 5) is 2.62. The van der Waals surface area contributed by atoms with Gasteiger partial charge in [0, 0.05) is 24.2 Å². The maximum Gasteiger partial charge on any atom is 0.0645 e. The summed E-state index contributed by atoms with van der Waals surface area (Å²) in [7, 11) is 0. The number of morpholine rings is 1. The minimum absolute atomic E-state index is 0.153. The summed E-state index contributed by atoms with van der Waals surface area (Å²) in [5, 5.41) is 0. The minimum atomic E-state index is 0.153. The van der Waals surface area contributed by atoms with E-state index >= 15 is 0 Å². The third kappa shape index (κ3) is 3.21. The van der Waals surface area contributed by atoms with Gasteiger partial charge in [-0.25, -0.2) is 0 Å². The third-order valence-corrected chi connectivity index (χ3v) is 4.39. The summed E-state index contributed by atoms with van der Waals surface area (Å²) < 4.78 is 5.61. The number of hydrogen-bond donors (Lipinski definition) is 1. The van der Waals surface area contributed by atoms with Crippen molar-refractivity contribution in [2.24, 2.45) is 5.73 Å². The largest absolute Gasteiger partial charge is 0.378 e. The monoisotopic (exact) mass is 240 g/mol. The van der Waals surface area contributed by atoms with Crippen LogP contribution in [-0.2, 0) is 4.74 Å². The summed E-state index contributed by atoms with van der Waals surface area (Å²) in [5.74, 6) is 0. The molecule has 2 atom stereocenters. The molecular weight excluding hydrogens is 212 g/mol. The van der Waals surface area contributed by atoms with Gasteiger partial charge in [-0.2, -0.15) is 0 Å². The normalized spacial score (nSPS) is 36.2. The Balaban J connectivity index is 2.05. The standard InChI is InChI=1S/C14H28N2O/c1-14(2)11-17-10-9-16(14)13-8-6-4-3-5-7-12(13)15/h12-13H,3-11,15H2,1-2H3. The van der Waals surface area contributed by atoms with Crippen LogP contribution >= 0.6 is 0 Å². The molecule has 1 heterocycles. The molecule has 2 N–H and O–H groups in total. The van der Waals surface area contributed by atoms with Crippen LogP contribution in [0.2, 0.25) is 0 Å². The van der Waals surface area contributed by atoms with E-state index in [0.29, 0.717) is 12.1 Å². The lowest BCUT2D eigenvalue weighted by atomic mass is 9.88. The number of rotatable bonds is 1. The van der Waals surface area contributed by atoms with Crippen molar-refractivity contribution in [2.45, 2.75) is 70.0 Å². The first-order valence-electron chi connectivity index (χ1n) is 7.21. The molecule has 0 radical (unpaired) electrons. The van der Waals surface area contributed by atoms with E-state index in [1.54, 1.807) is 0 Å². The van der Waals surface area contributed by atoms with Crippen molar-refractivity contribution >= 4 is 0 Å². The molecule has 1 aliphatic carbocycles. The fourth-order valence-electron chi connectivity index (χ4n) is 3.37. The maximum absolute atomic E-state index is 6.42. The van der Waals surface area contributed by atoms with Crippen LogP contribution in [0.25, 0.3) is 0 Å². The van der Waals surface area contributed by atoms with E-state index in [-0.39, 0.29) is 5.54 Å². The molecule has 2 aliphatic rings. The molecular formula is C14H28N2O. The Labute approximate surface area is 106 Å². The fourth-order valence-corrected chi connectivity index (χ4v) is 3.37. The average Bonchev–Trinajstić information content (AvgIpc) is 2.25. The number of nitrogens with zero attached hydrogens (tertiary/aromatic N) is 1. The van der Waals surface area contributed by atoms with Crippen LogP contribution in [0, 0.1) is 0 Å². The van der Waals surface area contributed by atoms with Crippen molar-refractivity contribution < 1.29 is 4.74 Å². The second kappa shape index (κ2) is 5.68. The van der Waals surface area contributed by atoms with E-state index in [1.807, 2.05) is 0 Å². The molecule has 2 fully saturated rings. The smallest absolute Gasteiger partial charge is 0.0645 e. The van der Waals surface area contributed by atoms with Crippen LogP contribution in [0.4, 0.5) is 0 Å². The summed E-state index contributed by atoms with van der Waals surface area (Å²) in [6, 6.07) is 0.918. The molecule has 17 heavy (non-hydrogen) atoms. The van der Waals surface area contributed by atoms with Crippen molar-refractivity contribution in [1.29, 1.82) is 0 Å². The van der Waals surface area contributed by atoms with Gasteiger partial charge in [-0.15, -0.1) is 0 Å². The Bertz CT molecular complexity index is 242. The van der Waals surface area contributed by atoms with Gasteiger partial charge in [-0.3, -0.25) is 4.90 Å². The van der Waals surface area contributed by atoms with Crippen LogP contribution in [0.5, 0.6) is 0 Å². The lowest BCUT2D eigenvalue weighted by Gasteiger charge is -2.49. The van der Waals surface area contributed by atoms with Crippen molar-refractivity contribution in [1.82, 2.24) is 4.90 Å². The zero-order valence-corrected chi connectivity index (χ0v) is 11.5. The van der Waals surface area contributed by atoms with Crippen LogP contribution in [0.15, 0.2) is 0 Å². The van der Waals surface area contributed by atoms with E-state index in [1.165, 1.54) is 38.5 Å². The topological polar surface area (TPSA) is 38.5 Å². The van der Waals surface area contributed by atoms with Gasteiger partial charge in [0.05, 0.1) is 13.2 Å². The van der Waals surface area contributed by atoms with Crippen molar-refractivity contribution in [3.8, 4) is 0 Å². The van der Waals surface area contributed by atoms with Gasteiger partial charge in [0.2, 0.25) is 0 Å². The molecule has 100 valence electrons. The molecule has 1 saturated heterocycles. The van der Waals surface area contributed by atoms with E-state index in [4.69, 9.17) is 10.5 Å². The Kier molecular flexibility index (Phi) is 4.45. The summed E-state index contributed by atoms with van der Waals surface area (Å²) in [6.45, 7) is 7.34. The molecule has 0 aromatic heterocycles. The van der Waals surface area contributed by atoms with Crippen molar-refractivity contribution in [2.75, 3.05) is 19.8 Å². The fraction of sp³-hybridized carbons (Fsp3) is 1.00. The average molecular weight is 240 g/mol. The van der Waals surface area contributed by atoms with Gasteiger partial charge in [0.1, 0.15) is 0 Å². The molecule has 0 aromatic rings. The predicted molar refractivity (Wildman–Crippen MR) is 71.1 cm³/mol. The van der Waals surface area contributed by atoms with E-state index in [0.717, 1.165) is 19.8 Å². The van der Waals surface area contributed by atoms with Crippen LogP contribution in [-0.4, -0.2) is 42.3 Å². The van der Waals surface area contributed by atoms with E-state index < -0.39 is 0 Å². The second-order valence-electron chi connectivity index (χ2n) is 6.28. The first-order valence-corrected chi connectivity index (χ1v) is 7.21. The van der Waals surface area contributed by atoms with E-state index in [2.05, 4.69) is 18.7 Å². The first-order chi connectivity index (χ1) is 8.11. The highest BCUT2D eigenvalue weighted by molar-refractivity contribution is 4.93. The van der Waals surface area contributed by atoms with Gasteiger partial charge in [-0.1, -0.05) is 25.7 Å². The molecule has 3 nitrogen and oxygen atoms in total. The number of nitrogens with two attached hydrogens (primary N) is 1. The van der Waals surface area contributed by atoms with Crippen LogP contribution in [0.1, 0.15) is 52.4 Å². The quantitative estimate of drug-likeness (QED) is 0.763. The van der Waals surface area contributed by atoms with E-state index in [9.17, 15) is 0 Å². The lowest BCUT2D eigenvalue weighted by Crippen LogP contribution is -2.61. The third-order valence-electron chi connectivity index (χ3n) is 4.39. The highest BCUT2D eigenvalue weighted by atomic mass is 16.5. The van der Waals surface area contributed by atoms with Gasteiger partial charge in [0.15, 0.2) is 0 Å². The summed E-state index contributed by atoms with van der Waals surface area (Å²) in [6.07, 6.45) is 7.86. The minimum Gasteiger partial charge on any atom is -0.378 e. The summed E-state index contributed by atoms with van der Waals surface area (Å²) in [5.41, 5.74) is 6.57. The summed E-state index contributed by atoms with van der Waals surface area (Å²) >= 11 is 0. The number of ether oxygens (including phenoxy) is 1. The molecule has 3 heteroatoms. The van der Waals surface area contributed by atoms with Gasteiger partial charge >= 0.3 is 0 Å². The second-order valence-corrected chi connectivity index (χ2v) is 6.28. The maximum atomic E-state index is 6.42. The number of hydrogen-bond acceptors (Lipinski definition) is 3. The Morgan fingerprint density at radius 3 is 2.53 bits per heavy atom.